The van der Waals surface area contributed by atoms with Crippen molar-refractivity contribution in [1.29, 1.82) is 0 Å². The number of hydrogen-bond donors (Lipinski definition) is 0. The van der Waals surface area contributed by atoms with E-state index >= 15 is 0 Å². The second-order valence-electron chi connectivity index (χ2n) is 3.89. The summed E-state index contributed by atoms with van der Waals surface area (Å²) in [6.07, 6.45) is 3.87. The molecule has 0 aromatic carbocycles. The zero-order chi connectivity index (χ0) is 11.3. The van der Waals surface area contributed by atoms with Gasteiger partial charge in [0.15, 0.2) is 0 Å². The van der Waals surface area contributed by atoms with Crippen LogP contribution in [0.15, 0.2) is 0 Å². The van der Waals surface area contributed by atoms with Gasteiger partial charge >= 0.3 is 5.97 Å². The molecule has 0 spiro atoms. The van der Waals surface area contributed by atoms with Gasteiger partial charge in [-0.15, -0.1) is 0 Å². The van der Waals surface area contributed by atoms with Crippen molar-refractivity contribution in [3.63, 3.8) is 0 Å². The summed E-state index contributed by atoms with van der Waals surface area (Å²) in [7, 11) is 1.82. The SMILES string of the molecule is CCOC(=O)CCC(=O)N(C)C1CCC1. The molecule has 1 amide bonds. The fourth-order valence-corrected chi connectivity index (χ4v) is 1.60. The highest BCUT2D eigenvalue weighted by molar-refractivity contribution is 5.81. The number of rotatable bonds is 5. The molecule has 1 rings (SSSR count). The van der Waals surface area contributed by atoms with E-state index in [1.807, 2.05) is 7.05 Å². The standard InChI is InChI=1S/C11H19NO3/c1-3-15-11(14)8-7-10(13)12(2)9-5-4-6-9/h9H,3-8H2,1-2H3. The van der Waals surface area contributed by atoms with Crippen LogP contribution in [0.2, 0.25) is 0 Å². The second kappa shape index (κ2) is 5.73. The summed E-state index contributed by atoms with van der Waals surface area (Å²) in [5.74, 6) is -0.236. The van der Waals surface area contributed by atoms with E-state index in [-0.39, 0.29) is 24.7 Å². The smallest absolute Gasteiger partial charge is 0.306 e. The molecule has 1 aliphatic rings. The number of hydrogen-bond acceptors (Lipinski definition) is 3. The minimum atomic E-state index is -0.284. The van der Waals surface area contributed by atoms with Crippen LogP contribution in [0.1, 0.15) is 39.0 Å². The first-order valence-electron chi connectivity index (χ1n) is 5.56. The van der Waals surface area contributed by atoms with Gasteiger partial charge in [-0.1, -0.05) is 0 Å². The van der Waals surface area contributed by atoms with Gasteiger partial charge in [-0.3, -0.25) is 9.59 Å². The molecular formula is C11H19NO3. The molecule has 0 aromatic heterocycles. The number of esters is 1. The predicted molar refractivity (Wildman–Crippen MR) is 56.3 cm³/mol. The Bertz CT molecular complexity index is 236. The van der Waals surface area contributed by atoms with Crippen LogP contribution in [-0.4, -0.2) is 36.5 Å². The van der Waals surface area contributed by atoms with Crippen molar-refractivity contribution >= 4 is 11.9 Å². The van der Waals surface area contributed by atoms with Crippen molar-refractivity contribution in [2.45, 2.75) is 45.1 Å². The van der Waals surface area contributed by atoms with Crippen LogP contribution in [-0.2, 0) is 14.3 Å². The van der Waals surface area contributed by atoms with Crippen LogP contribution in [0.25, 0.3) is 0 Å². The lowest BCUT2D eigenvalue weighted by Gasteiger charge is -2.34. The largest absolute Gasteiger partial charge is 0.466 e. The summed E-state index contributed by atoms with van der Waals surface area (Å²) in [4.78, 5) is 24.4. The zero-order valence-electron chi connectivity index (χ0n) is 9.49. The molecule has 1 aliphatic carbocycles. The Balaban J connectivity index is 2.19. The second-order valence-corrected chi connectivity index (χ2v) is 3.89. The van der Waals surface area contributed by atoms with E-state index < -0.39 is 0 Å². The van der Waals surface area contributed by atoms with Gasteiger partial charge in [-0.25, -0.2) is 0 Å². The summed E-state index contributed by atoms with van der Waals surface area (Å²) < 4.78 is 4.76. The van der Waals surface area contributed by atoms with Gasteiger partial charge in [0.05, 0.1) is 13.0 Å². The molecule has 0 atom stereocenters. The molecule has 0 unspecified atom stereocenters. The summed E-state index contributed by atoms with van der Waals surface area (Å²) in [6, 6.07) is 0.402. The molecule has 1 saturated carbocycles. The normalized spacial score (nSPS) is 15.6. The zero-order valence-corrected chi connectivity index (χ0v) is 9.49. The van der Waals surface area contributed by atoms with E-state index in [0.29, 0.717) is 12.6 Å². The molecule has 0 bridgehead atoms. The maximum atomic E-state index is 11.6. The third-order valence-electron chi connectivity index (χ3n) is 2.86. The van der Waals surface area contributed by atoms with Gasteiger partial charge < -0.3 is 9.64 Å². The molecule has 15 heavy (non-hydrogen) atoms. The Morgan fingerprint density at radius 2 is 2.00 bits per heavy atom. The highest BCUT2D eigenvalue weighted by atomic mass is 16.5. The molecule has 0 saturated heterocycles. The molecule has 4 nitrogen and oxygen atoms in total. The quantitative estimate of drug-likeness (QED) is 0.647. The number of amides is 1. The topological polar surface area (TPSA) is 46.6 Å². The monoisotopic (exact) mass is 213 g/mol. The number of carbonyl (C=O) groups is 2. The van der Waals surface area contributed by atoms with Crippen molar-refractivity contribution < 1.29 is 14.3 Å². The molecule has 0 radical (unpaired) electrons. The molecule has 1 fully saturated rings. The number of nitrogens with zero attached hydrogens (tertiary/aromatic N) is 1. The van der Waals surface area contributed by atoms with Gasteiger partial charge in [0.1, 0.15) is 0 Å². The molecule has 0 N–H and O–H groups in total. The van der Waals surface area contributed by atoms with E-state index in [0.717, 1.165) is 12.8 Å². The van der Waals surface area contributed by atoms with Gasteiger partial charge in [0, 0.05) is 19.5 Å². The fourth-order valence-electron chi connectivity index (χ4n) is 1.60. The minimum absolute atomic E-state index is 0.0488. The van der Waals surface area contributed by atoms with Crippen molar-refractivity contribution in [2.75, 3.05) is 13.7 Å². The van der Waals surface area contributed by atoms with Crippen molar-refractivity contribution in [1.82, 2.24) is 4.90 Å². The van der Waals surface area contributed by atoms with Crippen LogP contribution >= 0.6 is 0 Å². The van der Waals surface area contributed by atoms with E-state index in [2.05, 4.69) is 0 Å². The highest BCUT2D eigenvalue weighted by Crippen LogP contribution is 2.24. The van der Waals surface area contributed by atoms with Crippen molar-refractivity contribution in [3.8, 4) is 0 Å². The first kappa shape index (κ1) is 12.0. The summed E-state index contributed by atoms with van der Waals surface area (Å²) in [6.45, 7) is 2.14. The van der Waals surface area contributed by atoms with Gasteiger partial charge in [0.25, 0.3) is 0 Å². The maximum absolute atomic E-state index is 11.6. The predicted octanol–water partition coefficient (Wildman–Crippen LogP) is 1.34. The van der Waals surface area contributed by atoms with E-state index in [1.54, 1.807) is 11.8 Å². The van der Waals surface area contributed by atoms with Gasteiger partial charge in [-0.05, 0) is 26.2 Å². The Morgan fingerprint density at radius 3 is 2.47 bits per heavy atom. The van der Waals surface area contributed by atoms with Crippen molar-refractivity contribution in [2.24, 2.45) is 0 Å². The first-order valence-corrected chi connectivity index (χ1v) is 5.56. The Hall–Kier alpha value is -1.06. The highest BCUT2D eigenvalue weighted by Gasteiger charge is 2.25. The number of ether oxygens (including phenoxy) is 1. The lowest BCUT2D eigenvalue weighted by molar-refractivity contribution is -0.146. The molecule has 0 aromatic rings. The lowest BCUT2D eigenvalue weighted by atomic mass is 9.91. The molecular weight excluding hydrogens is 194 g/mol. The average molecular weight is 213 g/mol. The van der Waals surface area contributed by atoms with E-state index in [4.69, 9.17) is 4.74 Å². The minimum Gasteiger partial charge on any atom is -0.466 e. The molecule has 0 heterocycles. The summed E-state index contributed by atoms with van der Waals surface area (Å²) in [5.41, 5.74) is 0. The van der Waals surface area contributed by atoms with Crippen LogP contribution < -0.4 is 0 Å². The average Bonchev–Trinajstić information content (AvgIpc) is 2.11. The van der Waals surface area contributed by atoms with Crippen LogP contribution in [0.4, 0.5) is 0 Å². The Labute approximate surface area is 90.6 Å². The fraction of sp³-hybridized carbons (Fsp3) is 0.818. The maximum Gasteiger partial charge on any atom is 0.306 e. The van der Waals surface area contributed by atoms with E-state index in [1.165, 1.54) is 6.42 Å². The van der Waals surface area contributed by atoms with E-state index in [9.17, 15) is 9.59 Å². The lowest BCUT2D eigenvalue weighted by Crippen LogP contribution is -2.41. The van der Waals surface area contributed by atoms with Crippen LogP contribution in [0, 0.1) is 0 Å². The van der Waals surface area contributed by atoms with Crippen LogP contribution in [0.5, 0.6) is 0 Å². The van der Waals surface area contributed by atoms with Gasteiger partial charge in [0.2, 0.25) is 5.91 Å². The van der Waals surface area contributed by atoms with Crippen molar-refractivity contribution in [3.05, 3.63) is 0 Å². The summed E-state index contributed by atoms with van der Waals surface area (Å²) in [5, 5.41) is 0. The Kier molecular flexibility index (Phi) is 4.59. The molecule has 4 heteroatoms. The summed E-state index contributed by atoms with van der Waals surface area (Å²) >= 11 is 0. The third kappa shape index (κ3) is 3.53. The first-order chi connectivity index (χ1) is 7.15. The Morgan fingerprint density at radius 1 is 1.33 bits per heavy atom. The van der Waals surface area contributed by atoms with Gasteiger partial charge in [-0.2, -0.15) is 0 Å². The van der Waals surface area contributed by atoms with Crippen LogP contribution in [0.3, 0.4) is 0 Å². The molecule has 0 aliphatic heterocycles. The third-order valence-corrected chi connectivity index (χ3v) is 2.86. The molecule has 86 valence electrons. The number of carbonyl (C=O) groups excluding carboxylic acids is 2.